The van der Waals surface area contributed by atoms with Gasteiger partial charge < -0.3 is 10.2 Å². The van der Waals surface area contributed by atoms with Crippen LogP contribution in [-0.4, -0.2) is 56.8 Å². The summed E-state index contributed by atoms with van der Waals surface area (Å²) in [6.07, 6.45) is -4.67. The van der Waals surface area contributed by atoms with E-state index in [0.717, 1.165) is 0 Å². The minimum absolute atomic E-state index is 0.0505. The van der Waals surface area contributed by atoms with E-state index in [-0.39, 0.29) is 47.6 Å². The van der Waals surface area contributed by atoms with Crippen LogP contribution >= 0.6 is 0 Å². The van der Waals surface area contributed by atoms with E-state index in [1.54, 1.807) is 36.4 Å². The number of amides is 3. The number of sulfonamides is 1. The van der Waals surface area contributed by atoms with Crippen LogP contribution < -0.4 is 9.62 Å². The van der Waals surface area contributed by atoms with Crippen molar-refractivity contribution in [1.82, 2.24) is 10.2 Å². The van der Waals surface area contributed by atoms with E-state index in [2.05, 4.69) is 5.32 Å². The third-order valence-electron chi connectivity index (χ3n) is 6.56. The van der Waals surface area contributed by atoms with Crippen LogP contribution in [0.25, 0.3) is 0 Å². The van der Waals surface area contributed by atoms with E-state index in [1.807, 2.05) is 0 Å². The first-order chi connectivity index (χ1) is 19.0. The van der Waals surface area contributed by atoms with Gasteiger partial charge in [0.15, 0.2) is 0 Å². The van der Waals surface area contributed by atoms with Gasteiger partial charge in [0.1, 0.15) is 0 Å². The number of carbonyl (C=O) groups is 3. The number of nitrogens with one attached hydrogen (secondary N) is 1. The van der Waals surface area contributed by atoms with Gasteiger partial charge in [-0.25, -0.2) is 8.42 Å². The second-order valence-electron chi connectivity index (χ2n) is 9.18. The molecule has 210 valence electrons. The van der Waals surface area contributed by atoms with Gasteiger partial charge in [0.05, 0.1) is 23.0 Å². The largest absolute Gasteiger partial charge is 0.391 e. The van der Waals surface area contributed by atoms with Crippen molar-refractivity contribution in [1.29, 1.82) is 0 Å². The molecular weight excluding hydrogens is 547 g/mol. The summed E-state index contributed by atoms with van der Waals surface area (Å²) < 4.78 is 66.4. The van der Waals surface area contributed by atoms with Crippen LogP contribution in [-0.2, 0) is 14.8 Å². The van der Waals surface area contributed by atoms with Gasteiger partial charge in [-0.3, -0.25) is 14.4 Å². The van der Waals surface area contributed by atoms with Crippen molar-refractivity contribution >= 4 is 33.4 Å². The van der Waals surface area contributed by atoms with E-state index in [4.69, 9.17) is 0 Å². The SMILES string of the molecule is O=C(NCC(=O)N1CCC(C(F)(F)F)CC1)c1ccc(S(=O)(=O)N(C(=O)c2ccccc2)c2ccccc2)cc1. The molecule has 1 N–H and O–H groups in total. The van der Waals surface area contributed by atoms with Crippen molar-refractivity contribution in [2.45, 2.75) is 23.9 Å². The summed E-state index contributed by atoms with van der Waals surface area (Å²) in [5, 5.41) is 2.42. The number of rotatable bonds is 7. The van der Waals surface area contributed by atoms with Crippen LogP contribution in [0.5, 0.6) is 0 Å². The second-order valence-corrected chi connectivity index (χ2v) is 11.0. The first-order valence-electron chi connectivity index (χ1n) is 12.4. The zero-order valence-corrected chi connectivity index (χ0v) is 22.0. The number of para-hydroxylation sites is 1. The minimum Gasteiger partial charge on any atom is -0.343 e. The van der Waals surface area contributed by atoms with Gasteiger partial charge in [-0.05, 0) is 61.4 Å². The summed E-state index contributed by atoms with van der Waals surface area (Å²) in [5.74, 6) is -3.37. The molecule has 1 saturated heterocycles. The van der Waals surface area contributed by atoms with E-state index in [0.29, 0.717) is 4.31 Å². The van der Waals surface area contributed by atoms with Crippen LogP contribution in [0, 0.1) is 5.92 Å². The van der Waals surface area contributed by atoms with E-state index < -0.39 is 46.4 Å². The molecule has 3 aromatic rings. The average molecular weight is 574 g/mol. The molecule has 0 radical (unpaired) electrons. The Morgan fingerprint density at radius 2 is 1.38 bits per heavy atom. The Balaban J connectivity index is 1.44. The Labute approximate surface area is 229 Å². The number of halogens is 3. The number of piperidine rings is 1. The van der Waals surface area contributed by atoms with Gasteiger partial charge in [0, 0.05) is 24.2 Å². The lowest BCUT2D eigenvalue weighted by Gasteiger charge is -2.33. The number of hydrogen-bond donors (Lipinski definition) is 1. The van der Waals surface area contributed by atoms with Gasteiger partial charge in [-0.1, -0.05) is 36.4 Å². The second kappa shape index (κ2) is 11.9. The zero-order chi connectivity index (χ0) is 28.9. The molecule has 0 atom stereocenters. The summed E-state index contributed by atoms with van der Waals surface area (Å²) in [6, 6.07) is 20.7. The molecule has 0 unspecified atom stereocenters. The zero-order valence-electron chi connectivity index (χ0n) is 21.2. The number of likely N-dealkylation sites (tertiary alicyclic amines) is 1. The molecule has 40 heavy (non-hydrogen) atoms. The van der Waals surface area contributed by atoms with Crippen molar-refractivity contribution in [3.05, 3.63) is 96.1 Å². The molecule has 1 fully saturated rings. The van der Waals surface area contributed by atoms with Crippen LogP contribution in [0.2, 0.25) is 0 Å². The highest BCUT2D eigenvalue weighted by molar-refractivity contribution is 7.93. The Hall–Kier alpha value is -4.19. The van der Waals surface area contributed by atoms with Gasteiger partial charge in [0.25, 0.3) is 21.8 Å². The van der Waals surface area contributed by atoms with E-state index >= 15 is 0 Å². The lowest BCUT2D eigenvalue weighted by molar-refractivity contribution is -0.186. The van der Waals surface area contributed by atoms with Crippen LogP contribution in [0.3, 0.4) is 0 Å². The lowest BCUT2D eigenvalue weighted by Crippen LogP contribution is -2.46. The number of benzene rings is 3. The predicted octanol–water partition coefficient (Wildman–Crippen LogP) is 4.25. The molecule has 0 spiro atoms. The molecular formula is C28H26F3N3O5S. The third kappa shape index (κ3) is 6.50. The number of anilines is 1. The molecule has 8 nitrogen and oxygen atoms in total. The maximum absolute atomic E-state index is 13.6. The van der Waals surface area contributed by atoms with Crippen molar-refractivity contribution < 1.29 is 36.0 Å². The first kappa shape index (κ1) is 28.8. The van der Waals surface area contributed by atoms with Gasteiger partial charge >= 0.3 is 6.18 Å². The summed E-state index contributed by atoms with van der Waals surface area (Å²) in [5.41, 5.74) is 0.359. The van der Waals surface area contributed by atoms with Gasteiger partial charge in [0.2, 0.25) is 5.91 Å². The molecule has 0 aliphatic carbocycles. The lowest BCUT2D eigenvalue weighted by atomic mass is 9.96. The molecule has 0 saturated carbocycles. The summed E-state index contributed by atoms with van der Waals surface area (Å²) in [4.78, 5) is 39.3. The van der Waals surface area contributed by atoms with Crippen molar-refractivity contribution in [3.63, 3.8) is 0 Å². The first-order valence-corrected chi connectivity index (χ1v) is 13.8. The van der Waals surface area contributed by atoms with E-state index in [1.165, 1.54) is 53.4 Å². The van der Waals surface area contributed by atoms with E-state index in [9.17, 15) is 36.0 Å². The van der Waals surface area contributed by atoms with Crippen LogP contribution in [0.15, 0.2) is 89.8 Å². The smallest absolute Gasteiger partial charge is 0.343 e. The molecule has 12 heteroatoms. The molecule has 0 aromatic heterocycles. The molecule has 3 aromatic carbocycles. The quantitative estimate of drug-likeness (QED) is 0.455. The van der Waals surface area contributed by atoms with Crippen LogP contribution in [0.4, 0.5) is 18.9 Å². The van der Waals surface area contributed by atoms with Gasteiger partial charge in [-0.2, -0.15) is 17.5 Å². The summed E-state index contributed by atoms with van der Waals surface area (Å²) in [7, 11) is -4.39. The Kier molecular flexibility index (Phi) is 8.58. The van der Waals surface area contributed by atoms with Crippen molar-refractivity contribution in [3.8, 4) is 0 Å². The predicted molar refractivity (Wildman–Crippen MR) is 141 cm³/mol. The molecule has 4 rings (SSSR count). The fourth-order valence-electron chi connectivity index (χ4n) is 4.34. The molecule has 1 aliphatic heterocycles. The summed E-state index contributed by atoms with van der Waals surface area (Å²) in [6.45, 7) is -0.515. The summed E-state index contributed by atoms with van der Waals surface area (Å²) >= 11 is 0. The maximum atomic E-state index is 13.6. The maximum Gasteiger partial charge on any atom is 0.391 e. The number of carbonyl (C=O) groups excluding carboxylic acids is 3. The highest BCUT2D eigenvalue weighted by Gasteiger charge is 2.41. The highest BCUT2D eigenvalue weighted by atomic mass is 32.2. The molecule has 3 amide bonds. The molecule has 0 bridgehead atoms. The molecule has 1 aliphatic rings. The number of alkyl halides is 3. The fraction of sp³-hybridized carbons (Fsp3) is 0.250. The average Bonchev–Trinajstić information content (AvgIpc) is 2.96. The van der Waals surface area contributed by atoms with Crippen molar-refractivity contribution in [2.24, 2.45) is 5.92 Å². The fourth-order valence-corrected chi connectivity index (χ4v) is 5.75. The van der Waals surface area contributed by atoms with Crippen LogP contribution in [0.1, 0.15) is 33.6 Å². The highest BCUT2D eigenvalue weighted by Crippen LogP contribution is 2.34. The topological polar surface area (TPSA) is 104 Å². The minimum atomic E-state index is -4.39. The normalized spacial score (nSPS) is 14.4. The number of hydrogen-bond acceptors (Lipinski definition) is 5. The van der Waals surface area contributed by atoms with Crippen molar-refractivity contribution in [2.75, 3.05) is 23.9 Å². The standard InChI is InChI=1S/C28H26F3N3O5S/c29-28(30,31)22-15-17-33(18-16-22)25(35)19-32-26(36)20-11-13-24(14-12-20)40(38,39)34(23-9-5-2-6-10-23)27(37)21-7-3-1-4-8-21/h1-14,22H,15-19H2,(H,32,36). The van der Waals surface area contributed by atoms with Gasteiger partial charge in [-0.15, -0.1) is 0 Å². The Bertz CT molecular complexity index is 1460. The monoisotopic (exact) mass is 573 g/mol. The third-order valence-corrected chi connectivity index (χ3v) is 8.29. The Morgan fingerprint density at radius 1 is 0.825 bits per heavy atom. The number of nitrogens with zero attached hydrogens (tertiary/aromatic N) is 2. The Morgan fingerprint density at radius 3 is 1.93 bits per heavy atom. The molecule has 1 heterocycles.